The second-order valence-electron chi connectivity index (χ2n) is 7.40. The average Bonchev–Trinajstić information content (AvgIpc) is 3.44. The molecule has 0 atom stereocenters. The number of methoxy groups -OCH3 is 1. The number of carbonyl (C=O) groups is 2. The van der Waals surface area contributed by atoms with Gasteiger partial charge in [-0.3, -0.25) is 9.36 Å². The second-order valence-corrected chi connectivity index (χ2v) is 8.35. The lowest BCUT2D eigenvalue weighted by molar-refractivity contribution is -0.113. The zero-order valence-corrected chi connectivity index (χ0v) is 19.4. The zero-order chi connectivity index (χ0) is 24.1. The summed E-state index contributed by atoms with van der Waals surface area (Å²) in [4.78, 5) is 24.1. The summed E-state index contributed by atoms with van der Waals surface area (Å²) in [5.41, 5.74) is 2.70. The van der Waals surface area contributed by atoms with Crippen molar-refractivity contribution in [1.82, 2.24) is 19.3 Å². The first-order valence-corrected chi connectivity index (χ1v) is 11.3. The lowest BCUT2D eigenvalue weighted by Crippen LogP contribution is -2.15. The van der Waals surface area contributed by atoms with Crippen LogP contribution in [0.5, 0.6) is 0 Å². The van der Waals surface area contributed by atoms with E-state index in [4.69, 9.17) is 0 Å². The number of nitrogens with zero attached hydrogens (tertiary/aromatic N) is 4. The number of rotatable bonds is 8. The first kappa shape index (κ1) is 23.2. The smallest absolute Gasteiger partial charge is 0.337 e. The number of amides is 1. The van der Waals surface area contributed by atoms with Crippen molar-refractivity contribution in [2.24, 2.45) is 7.05 Å². The molecule has 0 fully saturated rings. The highest BCUT2D eigenvalue weighted by Gasteiger charge is 2.17. The van der Waals surface area contributed by atoms with Gasteiger partial charge in [-0.2, -0.15) is 0 Å². The molecule has 8 nitrogen and oxygen atoms in total. The zero-order valence-electron chi connectivity index (χ0n) is 18.6. The molecule has 2 aromatic heterocycles. The highest BCUT2D eigenvalue weighted by Crippen LogP contribution is 2.24. The van der Waals surface area contributed by atoms with Gasteiger partial charge in [0.05, 0.1) is 18.4 Å². The van der Waals surface area contributed by atoms with Crippen molar-refractivity contribution in [1.29, 1.82) is 0 Å². The monoisotopic (exact) mass is 479 g/mol. The highest BCUT2D eigenvalue weighted by atomic mass is 32.2. The van der Waals surface area contributed by atoms with Crippen molar-refractivity contribution >= 4 is 29.3 Å². The third-order valence-corrected chi connectivity index (χ3v) is 6.03. The topological polar surface area (TPSA) is 91.0 Å². The Morgan fingerprint density at radius 1 is 1.06 bits per heavy atom. The van der Waals surface area contributed by atoms with Crippen molar-refractivity contribution in [3.05, 3.63) is 89.8 Å². The molecule has 0 aliphatic heterocycles. The van der Waals surface area contributed by atoms with E-state index in [2.05, 4.69) is 20.3 Å². The molecule has 0 spiro atoms. The number of benzene rings is 2. The SMILES string of the molecule is COC(=O)c1ccc(NC(=O)CSc2nnc(Cc3cccn3C)n2-c2ccc(F)cc2)cc1. The first-order valence-electron chi connectivity index (χ1n) is 10.4. The van der Waals surface area contributed by atoms with Crippen LogP contribution in [0.2, 0.25) is 0 Å². The number of hydrogen-bond acceptors (Lipinski definition) is 6. The molecule has 34 heavy (non-hydrogen) atoms. The summed E-state index contributed by atoms with van der Waals surface area (Å²) in [6.45, 7) is 0. The summed E-state index contributed by atoms with van der Waals surface area (Å²) in [5, 5.41) is 11.9. The molecule has 0 bridgehead atoms. The van der Waals surface area contributed by atoms with Crippen LogP contribution in [-0.2, 0) is 23.0 Å². The third-order valence-electron chi connectivity index (χ3n) is 5.10. The summed E-state index contributed by atoms with van der Waals surface area (Å²) in [6, 6.07) is 16.4. The molecular formula is C24H22FN5O3S. The van der Waals surface area contributed by atoms with E-state index in [-0.39, 0.29) is 17.5 Å². The summed E-state index contributed by atoms with van der Waals surface area (Å²) in [7, 11) is 3.26. The Bertz CT molecular complexity index is 1300. The van der Waals surface area contributed by atoms with Crippen molar-refractivity contribution < 1.29 is 18.7 Å². The molecule has 0 aliphatic carbocycles. The molecule has 0 saturated carbocycles. The van der Waals surface area contributed by atoms with E-state index in [1.54, 1.807) is 36.4 Å². The number of halogens is 1. The number of carbonyl (C=O) groups excluding carboxylic acids is 2. The van der Waals surface area contributed by atoms with Crippen LogP contribution in [0.15, 0.2) is 72.0 Å². The van der Waals surface area contributed by atoms with E-state index < -0.39 is 5.97 Å². The van der Waals surface area contributed by atoms with Crippen LogP contribution in [0.4, 0.5) is 10.1 Å². The number of anilines is 1. The molecule has 2 heterocycles. The molecule has 1 amide bonds. The fourth-order valence-electron chi connectivity index (χ4n) is 3.33. The molecule has 2 aromatic carbocycles. The Labute approximate surface area is 199 Å². The van der Waals surface area contributed by atoms with Crippen LogP contribution < -0.4 is 5.32 Å². The molecule has 4 rings (SSSR count). The fourth-order valence-corrected chi connectivity index (χ4v) is 4.11. The molecule has 4 aromatic rings. The van der Waals surface area contributed by atoms with Gasteiger partial charge in [-0.15, -0.1) is 10.2 Å². The lowest BCUT2D eigenvalue weighted by atomic mass is 10.2. The largest absolute Gasteiger partial charge is 0.465 e. The van der Waals surface area contributed by atoms with Gasteiger partial charge in [0.1, 0.15) is 11.6 Å². The Morgan fingerprint density at radius 2 is 1.79 bits per heavy atom. The molecular weight excluding hydrogens is 457 g/mol. The van der Waals surface area contributed by atoms with Crippen molar-refractivity contribution in [3.63, 3.8) is 0 Å². The summed E-state index contributed by atoms with van der Waals surface area (Å²) in [6.07, 6.45) is 2.47. The average molecular weight is 480 g/mol. The molecule has 10 heteroatoms. The van der Waals surface area contributed by atoms with Gasteiger partial charge in [0.2, 0.25) is 5.91 Å². The highest BCUT2D eigenvalue weighted by molar-refractivity contribution is 7.99. The van der Waals surface area contributed by atoms with Crippen LogP contribution in [0, 0.1) is 5.82 Å². The van der Waals surface area contributed by atoms with Gasteiger partial charge < -0.3 is 14.6 Å². The summed E-state index contributed by atoms with van der Waals surface area (Å²) >= 11 is 1.23. The van der Waals surface area contributed by atoms with Crippen LogP contribution >= 0.6 is 11.8 Å². The molecule has 1 N–H and O–H groups in total. The maximum Gasteiger partial charge on any atom is 0.337 e. The maximum absolute atomic E-state index is 13.5. The van der Waals surface area contributed by atoms with Crippen molar-refractivity contribution in [2.45, 2.75) is 11.6 Å². The minimum atomic E-state index is -0.445. The van der Waals surface area contributed by atoms with Gasteiger partial charge >= 0.3 is 5.97 Å². The van der Waals surface area contributed by atoms with Crippen LogP contribution in [0.25, 0.3) is 5.69 Å². The number of hydrogen-bond donors (Lipinski definition) is 1. The summed E-state index contributed by atoms with van der Waals surface area (Å²) < 4.78 is 22.0. The second kappa shape index (κ2) is 10.3. The van der Waals surface area contributed by atoms with Crippen LogP contribution in [-0.4, -0.2) is 44.1 Å². The number of aromatic nitrogens is 4. The molecule has 0 aliphatic rings. The van der Waals surface area contributed by atoms with Crippen molar-refractivity contribution in [3.8, 4) is 5.69 Å². The number of esters is 1. The maximum atomic E-state index is 13.5. The van der Waals surface area contributed by atoms with E-state index >= 15 is 0 Å². The van der Waals surface area contributed by atoms with E-state index in [9.17, 15) is 14.0 Å². The number of aryl methyl sites for hydroxylation is 1. The molecule has 0 unspecified atom stereocenters. The van der Waals surface area contributed by atoms with Gasteiger partial charge in [0, 0.05) is 36.7 Å². The standard InChI is InChI=1S/C24H22FN5O3S/c1-29-13-3-4-20(29)14-21-27-28-24(30(21)19-11-7-17(25)8-12-19)34-15-22(31)26-18-9-5-16(6-10-18)23(32)33-2/h3-13H,14-15H2,1-2H3,(H,26,31). The third kappa shape index (κ3) is 5.34. The van der Waals surface area contributed by atoms with Crippen LogP contribution in [0.3, 0.4) is 0 Å². The molecule has 174 valence electrons. The Kier molecular flexibility index (Phi) is 7.07. The Morgan fingerprint density at radius 3 is 2.44 bits per heavy atom. The summed E-state index contributed by atoms with van der Waals surface area (Å²) in [5.74, 6) is -0.266. The molecule has 0 radical (unpaired) electrons. The van der Waals surface area contributed by atoms with E-state index in [0.717, 1.165) is 5.69 Å². The van der Waals surface area contributed by atoms with Gasteiger partial charge in [-0.05, 0) is 60.7 Å². The van der Waals surface area contributed by atoms with Gasteiger partial charge in [-0.25, -0.2) is 9.18 Å². The van der Waals surface area contributed by atoms with Crippen LogP contribution in [0.1, 0.15) is 21.9 Å². The first-order chi connectivity index (χ1) is 16.4. The predicted octanol–water partition coefficient (Wildman–Crippen LogP) is 3.85. The quantitative estimate of drug-likeness (QED) is 0.305. The number of thioether (sulfide) groups is 1. The fraction of sp³-hybridized carbons (Fsp3) is 0.167. The number of ether oxygens (including phenoxy) is 1. The lowest BCUT2D eigenvalue weighted by Gasteiger charge is -2.11. The molecule has 0 saturated heterocycles. The minimum absolute atomic E-state index is 0.0856. The Balaban J connectivity index is 1.49. The van der Waals surface area contributed by atoms with E-state index in [1.165, 1.54) is 31.0 Å². The van der Waals surface area contributed by atoms with Gasteiger partial charge in [-0.1, -0.05) is 11.8 Å². The van der Waals surface area contributed by atoms with Gasteiger partial charge in [0.25, 0.3) is 0 Å². The predicted molar refractivity (Wildman–Crippen MR) is 127 cm³/mol. The normalized spacial score (nSPS) is 10.8. The Hall–Kier alpha value is -3.92. The van der Waals surface area contributed by atoms with E-state index in [0.29, 0.717) is 34.3 Å². The minimum Gasteiger partial charge on any atom is -0.465 e. The number of nitrogens with one attached hydrogen (secondary N) is 1. The van der Waals surface area contributed by atoms with E-state index in [1.807, 2.05) is 34.5 Å². The van der Waals surface area contributed by atoms with Crippen molar-refractivity contribution in [2.75, 3.05) is 18.2 Å². The van der Waals surface area contributed by atoms with Gasteiger partial charge in [0.15, 0.2) is 5.16 Å².